The lowest BCUT2D eigenvalue weighted by Gasteiger charge is -2.15. The molecular weight excluding hydrogens is 384 g/mol. The molecule has 0 saturated carbocycles. The van der Waals surface area contributed by atoms with Crippen molar-refractivity contribution >= 4 is 29.2 Å². The number of anilines is 1. The molecule has 0 fully saturated rings. The second kappa shape index (κ2) is 7.28. The first-order valence-electron chi connectivity index (χ1n) is 8.46. The molecule has 2 amide bonds. The highest BCUT2D eigenvalue weighted by atomic mass is 35.5. The Morgan fingerprint density at radius 2 is 1.93 bits per heavy atom. The summed E-state index contributed by atoms with van der Waals surface area (Å²) in [5, 5.41) is 3.23. The molecule has 1 N–H and O–H groups in total. The van der Waals surface area contributed by atoms with Crippen molar-refractivity contribution in [3.8, 4) is 0 Å². The van der Waals surface area contributed by atoms with Crippen LogP contribution in [0.15, 0.2) is 53.5 Å². The number of carbonyl (C=O) groups is 2. The minimum absolute atomic E-state index is 0.137. The van der Waals surface area contributed by atoms with Crippen LogP contribution in [0, 0.1) is 0 Å². The van der Waals surface area contributed by atoms with E-state index in [9.17, 15) is 14.4 Å². The Bertz CT molecular complexity index is 1090. The molecule has 0 bridgehead atoms. The van der Waals surface area contributed by atoms with Crippen LogP contribution in [0.4, 0.5) is 10.5 Å². The molecule has 0 spiro atoms. The Morgan fingerprint density at radius 1 is 1.14 bits per heavy atom. The van der Waals surface area contributed by atoms with Crippen LogP contribution in [0.3, 0.4) is 0 Å². The number of fused-ring (bicyclic) bond motifs is 1. The van der Waals surface area contributed by atoms with Crippen LogP contribution in [-0.4, -0.2) is 31.3 Å². The van der Waals surface area contributed by atoms with E-state index < -0.39 is 17.6 Å². The number of hydrogen-bond donors (Lipinski definition) is 1. The maximum absolute atomic E-state index is 12.8. The van der Waals surface area contributed by atoms with E-state index in [2.05, 4.69) is 15.3 Å². The summed E-state index contributed by atoms with van der Waals surface area (Å²) in [7, 11) is 0. The average Bonchev–Trinajstić information content (AvgIpc) is 3.17. The average molecular weight is 399 g/mol. The van der Waals surface area contributed by atoms with Crippen molar-refractivity contribution in [3.05, 3.63) is 75.7 Å². The molecule has 0 radical (unpaired) electrons. The zero-order valence-corrected chi connectivity index (χ0v) is 15.3. The number of amides is 2. The molecular formula is C18H15ClN6O3. The monoisotopic (exact) mass is 398 g/mol. The predicted molar refractivity (Wildman–Crippen MR) is 101 cm³/mol. The van der Waals surface area contributed by atoms with Gasteiger partial charge in [-0.15, -0.1) is 0 Å². The normalized spacial score (nSPS) is 12.9. The predicted octanol–water partition coefficient (Wildman–Crippen LogP) is 1.40. The summed E-state index contributed by atoms with van der Waals surface area (Å²) in [6.45, 7) is 0.0391. The minimum atomic E-state index is -0.646. The first-order valence-corrected chi connectivity index (χ1v) is 8.83. The van der Waals surface area contributed by atoms with Crippen LogP contribution >= 0.6 is 11.6 Å². The van der Waals surface area contributed by atoms with Crippen molar-refractivity contribution in [1.82, 2.24) is 24.6 Å². The van der Waals surface area contributed by atoms with Gasteiger partial charge >= 0.3 is 11.7 Å². The van der Waals surface area contributed by atoms with E-state index in [4.69, 9.17) is 11.6 Å². The lowest BCUT2D eigenvalue weighted by atomic mass is 10.3. The van der Waals surface area contributed by atoms with Crippen molar-refractivity contribution in [2.75, 3.05) is 4.90 Å². The summed E-state index contributed by atoms with van der Waals surface area (Å²) < 4.78 is 2.17. The smallest absolute Gasteiger partial charge is 0.349 e. The minimum Gasteiger partial charge on any atom is -0.349 e. The van der Waals surface area contributed by atoms with Crippen molar-refractivity contribution in [3.63, 3.8) is 0 Å². The quantitative estimate of drug-likeness (QED) is 0.699. The van der Waals surface area contributed by atoms with Crippen LogP contribution < -0.4 is 15.9 Å². The molecule has 1 aliphatic heterocycles. The zero-order chi connectivity index (χ0) is 19.7. The first kappa shape index (κ1) is 17.9. The SMILES string of the molecule is O=C(Cn1c(=O)nc2n1C(=O)N(c1ccc(Cl)cc1)C2)NCc1ccccn1. The Balaban J connectivity index is 1.50. The Kier molecular flexibility index (Phi) is 4.66. The van der Waals surface area contributed by atoms with Gasteiger partial charge in [-0.2, -0.15) is 9.67 Å². The number of pyridine rings is 1. The Morgan fingerprint density at radius 3 is 2.64 bits per heavy atom. The second-order valence-corrected chi connectivity index (χ2v) is 6.56. The number of rotatable bonds is 5. The lowest BCUT2D eigenvalue weighted by molar-refractivity contribution is -0.122. The van der Waals surface area contributed by atoms with Crippen LogP contribution in [-0.2, 0) is 24.4 Å². The molecule has 3 heterocycles. The molecule has 3 aromatic rings. The molecule has 1 aromatic carbocycles. The van der Waals surface area contributed by atoms with Crippen molar-refractivity contribution in [2.24, 2.45) is 0 Å². The highest BCUT2D eigenvalue weighted by molar-refractivity contribution is 6.30. The summed E-state index contributed by atoms with van der Waals surface area (Å²) >= 11 is 5.88. The molecule has 2 aromatic heterocycles. The molecule has 9 nitrogen and oxygen atoms in total. The van der Waals surface area contributed by atoms with Gasteiger partial charge in [-0.1, -0.05) is 17.7 Å². The summed E-state index contributed by atoms with van der Waals surface area (Å²) in [5.74, 6) is -0.143. The maximum atomic E-state index is 12.8. The van der Waals surface area contributed by atoms with Gasteiger partial charge in [0.2, 0.25) is 5.91 Å². The first-order chi connectivity index (χ1) is 13.5. The molecule has 142 valence electrons. The lowest BCUT2D eigenvalue weighted by Crippen LogP contribution is -2.38. The van der Waals surface area contributed by atoms with Crippen molar-refractivity contribution in [2.45, 2.75) is 19.6 Å². The molecule has 28 heavy (non-hydrogen) atoms. The van der Waals surface area contributed by atoms with Crippen LogP contribution in [0.5, 0.6) is 0 Å². The van der Waals surface area contributed by atoms with E-state index in [0.29, 0.717) is 16.4 Å². The van der Waals surface area contributed by atoms with Gasteiger partial charge in [-0.3, -0.25) is 14.7 Å². The van der Waals surface area contributed by atoms with Gasteiger partial charge in [0.25, 0.3) is 0 Å². The van der Waals surface area contributed by atoms with Crippen LogP contribution in [0.25, 0.3) is 0 Å². The van der Waals surface area contributed by atoms with E-state index in [0.717, 1.165) is 9.36 Å². The highest BCUT2D eigenvalue weighted by Gasteiger charge is 2.33. The van der Waals surface area contributed by atoms with E-state index in [1.165, 1.54) is 4.90 Å². The fraction of sp³-hybridized carbons (Fsp3) is 0.167. The van der Waals surface area contributed by atoms with E-state index in [1.807, 2.05) is 6.07 Å². The van der Waals surface area contributed by atoms with E-state index in [1.54, 1.807) is 42.6 Å². The van der Waals surface area contributed by atoms with Crippen LogP contribution in [0.2, 0.25) is 5.02 Å². The highest BCUT2D eigenvalue weighted by Crippen LogP contribution is 2.24. The van der Waals surface area contributed by atoms with E-state index >= 15 is 0 Å². The molecule has 0 unspecified atom stereocenters. The molecule has 10 heteroatoms. The second-order valence-electron chi connectivity index (χ2n) is 6.12. The number of nitrogens with zero attached hydrogens (tertiary/aromatic N) is 5. The molecule has 1 aliphatic rings. The number of halogens is 1. The van der Waals surface area contributed by atoms with Gasteiger partial charge in [-0.05, 0) is 36.4 Å². The summed E-state index contributed by atoms with van der Waals surface area (Å²) in [4.78, 5) is 46.7. The molecule has 0 saturated heterocycles. The van der Waals surface area contributed by atoms with Crippen molar-refractivity contribution in [1.29, 1.82) is 0 Å². The third kappa shape index (κ3) is 3.39. The molecule has 0 atom stereocenters. The largest absolute Gasteiger partial charge is 0.365 e. The van der Waals surface area contributed by atoms with E-state index in [-0.39, 0.29) is 25.5 Å². The third-order valence-corrected chi connectivity index (χ3v) is 4.52. The van der Waals surface area contributed by atoms with Gasteiger partial charge < -0.3 is 5.32 Å². The fourth-order valence-electron chi connectivity index (χ4n) is 2.92. The Hall–Kier alpha value is -3.46. The van der Waals surface area contributed by atoms with Crippen molar-refractivity contribution < 1.29 is 9.59 Å². The maximum Gasteiger partial charge on any atom is 0.365 e. The topological polar surface area (TPSA) is 102 Å². The van der Waals surface area contributed by atoms with Gasteiger partial charge in [0, 0.05) is 16.9 Å². The number of benzene rings is 1. The Labute approximate surface area is 164 Å². The van der Waals surface area contributed by atoms with Gasteiger partial charge in [0.15, 0.2) is 5.82 Å². The zero-order valence-electron chi connectivity index (χ0n) is 14.6. The summed E-state index contributed by atoms with van der Waals surface area (Å²) in [6.07, 6.45) is 1.62. The molecule has 4 rings (SSSR count). The number of nitrogens with one attached hydrogen (secondary N) is 1. The number of aromatic nitrogens is 4. The fourth-order valence-corrected chi connectivity index (χ4v) is 3.05. The number of hydrogen-bond acceptors (Lipinski definition) is 5. The molecule has 0 aliphatic carbocycles. The summed E-state index contributed by atoms with van der Waals surface area (Å²) in [5.41, 5.74) is 0.664. The standard InChI is InChI=1S/C18H15ClN6O3/c19-12-4-6-14(7-5-12)23-10-15-22-17(27)24(25(15)18(23)28)11-16(26)21-9-13-3-1-2-8-20-13/h1-8H,9-11H2,(H,21,26). The third-order valence-electron chi connectivity index (χ3n) is 4.27. The van der Waals surface area contributed by atoms with Gasteiger partial charge in [-0.25, -0.2) is 14.3 Å². The van der Waals surface area contributed by atoms with Crippen LogP contribution in [0.1, 0.15) is 11.5 Å². The van der Waals surface area contributed by atoms with Gasteiger partial charge in [0.1, 0.15) is 6.54 Å². The van der Waals surface area contributed by atoms with Gasteiger partial charge in [0.05, 0.1) is 18.8 Å². The number of carbonyl (C=O) groups excluding carboxylic acids is 2. The summed E-state index contributed by atoms with van der Waals surface area (Å²) in [6, 6.07) is 11.7.